The normalized spacial score (nSPS) is 22.8. The Labute approximate surface area is 108 Å². The summed E-state index contributed by atoms with van der Waals surface area (Å²) in [6, 6.07) is 0.197. The van der Waals surface area contributed by atoms with Crippen molar-refractivity contribution >= 4 is 5.95 Å². The topological polar surface area (TPSA) is 68.2 Å². The van der Waals surface area contributed by atoms with Gasteiger partial charge in [0.1, 0.15) is 0 Å². The van der Waals surface area contributed by atoms with Crippen molar-refractivity contribution in [3.05, 3.63) is 5.89 Å². The van der Waals surface area contributed by atoms with Crippen LogP contribution in [0.15, 0.2) is 4.52 Å². The van der Waals surface area contributed by atoms with E-state index in [0.29, 0.717) is 11.8 Å². The van der Waals surface area contributed by atoms with E-state index in [4.69, 9.17) is 10.3 Å². The fourth-order valence-corrected chi connectivity index (χ4v) is 2.62. The van der Waals surface area contributed by atoms with E-state index in [0.717, 1.165) is 25.5 Å². The molecule has 0 radical (unpaired) electrons. The Hall–Kier alpha value is -1.10. The molecule has 1 unspecified atom stereocenters. The molecule has 5 heteroatoms. The van der Waals surface area contributed by atoms with Crippen LogP contribution in [0, 0.1) is 5.92 Å². The summed E-state index contributed by atoms with van der Waals surface area (Å²) in [6.07, 6.45) is 8.33. The fourth-order valence-electron chi connectivity index (χ4n) is 2.62. The smallest absolute Gasteiger partial charge is 0.266 e. The fraction of sp³-hybridized carbons (Fsp3) is 0.846. The van der Waals surface area contributed by atoms with E-state index >= 15 is 0 Å². The van der Waals surface area contributed by atoms with Crippen LogP contribution in [0.3, 0.4) is 0 Å². The van der Waals surface area contributed by atoms with E-state index in [2.05, 4.69) is 15.0 Å². The SMILES string of the molecule is NC(Cc1nc(N2CCCCCC2)no1)C1CC1. The maximum atomic E-state index is 6.08. The molecule has 2 N–H and O–H groups in total. The molecule has 1 atom stereocenters. The maximum absolute atomic E-state index is 6.08. The van der Waals surface area contributed by atoms with Crippen LogP contribution in [-0.4, -0.2) is 29.3 Å². The van der Waals surface area contributed by atoms with Crippen molar-refractivity contribution in [1.29, 1.82) is 0 Å². The maximum Gasteiger partial charge on any atom is 0.266 e. The van der Waals surface area contributed by atoms with E-state index in [-0.39, 0.29) is 6.04 Å². The summed E-state index contributed by atoms with van der Waals surface area (Å²) in [5.41, 5.74) is 6.08. The molecule has 1 aliphatic carbocycles. The number of hydrogen-bond donors (Lipinski definition) is 1. The third-order valence-corrected chi connectivity index (χ3v) is 3.98. The van der Waals surface area contributed by atoms with Crippen LogP contribution in [-0.2, 0) is 6.42 Å². The Bertz CT molecular complexity index is 380. The van der Waals surface area contributed by atoms with Gasteiger partial charge in [-0.1, -0.05) is 12.8 Å². The minimum absolute atomic E-state index is 0.197. The molecular formula is C13H22N4O. The summed E-state index contributed by atoms with van der Waals surface area (Å²) in [7, 11) is 0. The van der Waals surface area contributed by atoms with E-state index in [1.54, 1.807) is 0 Å². The molecule has 0 amide bonds. The lowest BCUT2D eigenvalue weighted by molar-refractivity contribution is 0.362. The van der Waals surface area contributed by atoms with Crippen molar-refractivity contribution in [2.75, 3.05) is 18.0 Å². The van der Waals surface area contributed by atoms with Crippen LogP contribution in [0.25, 0.3) is 0 Å². The quantitative estimate of drug-likeness (QED) is 0.881. The third kappa shape index (κ3) is 2.83. The van der Waals surface area contributed by atoms with Crippen molar-refractivity contribution in [1.82, 2.24) is 10.1 Å². The Morgan fingerprint density at radius 3 is 2.61 bits per heavy atom. The van der Waals surface area contributed by atoms with Gasteiger partial charge in [-0.15, -0.1) is 0 Å². The highest BCUT2D eigenvalue weighted by Crippen LogP contribution is 2.32. The number of aromatic nitrogens is 2. The first kappa shape index (κ1) is 12.0. The lowest BCUT2D eigenvalue weighted by atomic mass is 10.1. The van der Waals surface area contributed by atoms with Crippen LogP contribution in [0.2, 0.25) is 0 Å². The Morgan fingerprint density at radius 1 is 1.22 bits per heavy atom. The number of hydrogen-bond acceptors (Lipinski definition) is 5. The van der Waals surface area contributed by atoms with Crippen molar-refractivity contribution < 1.29 is 4.52 Å². The summed E-state index contributed by atoms with van der Waals surface area (Å²) >= 11 is 0. The molecular weight excluding hydrogens is 228 g/mol. The molecule has 1 aromatic heterocycles. The van der Waals surface area contributed by atoms with Gasteiger partial charge in [-0.3, -0.25) is 0 Å². The van der Waals surface area contributed by atoms with Gasteiger partial charge in [0.25, 0.3) is 5.95 Å². The first-order valence-corrected chi connectivity index (χ1v) is 7.16. The highest BCUT2D eigenvalue weighted by Gasteiger charge is 2.30. The van der Waals surface area contributed by atoms with Gasteiger partial charge < -0.3 is 15.2 Å². The Balaban J connectivity index is 1.60. The van der Waals surface area contributed by atoms with Crippen LogP contribution in [0.4, 0.5) is 5.95 Å². The average Bonchev–Trinajstić information content (AvgIpc) is 3.16. The largest absolute Gasteiger partial charge is 0.338 e. The first-order valence-electron chi connectivity index (χ1n) is 7.16. The second kappa shape index (κ2) is 5.26. The van der Waals surface area contributed by atoms with Crippen molar-refractivity contribution in [3.63, 3.8) is 0 Å². The summed E-state index contributed by atoms with van der Waals surface area (Å²) in [6.45, 7) is 2.10. The second-order valence-electron chi connectivity index (χ2n) is 5.59. The predicted octanol–water partition coefficient (Wildman–Crippen LogP) is 1.73. The molecule has 1 saturated carbocycles. The van der Waals surface area contributed by atoms with Gasteiger partial charge in [-0.05, 0) is 36.8 Å². The van der Waals surface area contributed by atoms with E-state index in [1.807, 2.05) is 0 Å². The van der Waals surface area contributed by atoms with Crippen LogP contribution in [0.1, 0.15) is 44.4 Å². The molecule has 0 bridgehead atoms. The van der Waals surface area contributed by atoms with E-state index in [1.165, 1.54) is 38.5 Å². The molecule has 1 aliphatic heterocycles. The zero-order valence-corrected chi connectivity index (χ0v) is 10.8. The van der Waals surface area contributed by atoms with Crippen molar-refractivity contribution in [2.45, 2.75) is 51.0 Å². The lowest BCUT2D eigenvalue weighted by Crippen LogP contribution is -2.26. The molecule has 2 heterocycles. The average molecular weight is 250 g/mol. The molecule has 18 heavy (non-hydrogen) atoms. The molecule has 5 nitrogen and oxygen atoms in total. The lowest BCUT2D eigenvalue weighted by Gasteiger charge is -2.16. The minimum atomic E-state index is 0.197. The van der Waals surface area contributed by atoms with Crippen molar-refractivity contribution in [2.24, 2.45) is 11.7 Å². The minimum Gasteiger partial charge on any atom is -0.338 e. The van der Waals surface area contributed by atoms with Gasteiger partial charge in [-0.25, -0.2) is 0 Å². The summed E-state index contributed by atoms with van der Waals surface area (Å²) in [5.74, 6) is 2.14. The monoisotopic (exact) mass is 250 g/mol. The number of anilines is 1. The highest BCUT2D eigenvalue weighted by molar-refractivity contribution is 5.27. The van der Waals surface area contributed by atoms with Gasteiger partial charge in [0.15, 0.2) is 0 Å². The molecule has 0 spiro atoms. The number of rotatable bonds is 4. The molecule has 2 fully saturated rings. The zero-order valence-electron chi connectivity index (χ0n) is 10.8. The zero-order chi connectivity index (χ0) is 12.4. The molecule has 1 saturated heterocycles. The summed E-state index contributed by atoms with van der Waals surface area (Å²) in [5, 5.41) is 4.10. The molecule has 2 aliphatic rings. The second-order valence-corrected chi connectivity index (χ2v) is 5.59. The van der Waals surface area contributed by atoms with E-state index < -0.39 is 0 Å². The first-order chi connectivity index (χ1) is 8.83. The summed E-state index contributed by atoms with van der Waals surface area (Å²) < 4.78 is 5.32. The van der Waals surface area contributed by atoms with E-state index in [9.17, 15) is 0 Å². The summed E-state index contributed by atoms with van der Waals surface area (Å²) in [4.78, 5) is 6.73. The predicted molar refractivity (Wildman–Crippen MR) is 69.4 cm³/mol. The third-order valence-electron chi connectivity index (χ3n) is 3.98. The van der Waals surface area contributed by atoms with Gasteiger partial charge in [0, 0.05) is 25.6 Å². The van der Waals surface area contributed by atoms with Crippen LogP contribution < -0.4 is 10.6 Å². The van der Waals surface area contributed by atoms with Gasteiger partial charge >= 0.3 is 0 Å². The van der Waals surface area contributed by atoms with Gasteiger partial charge in [0.2, 0.25) is 5.89 Å². The van der Waals surface area contributed by atoms with Crippen molar-refractivity contribution in [3.8, 4) is 0 Å². The standard InChI is InChI=1S/C13H22N4O/c14-11(10-5-6-10)9-12-15-13(16-18-12)17-7-3-1-2-4-8-17/h10-11H,1-9,14H2. The number of nitrogens with zero attached hydrogens (tertiary/aromatic N) is 3. The molecule has 3 rings (SSSR count). The number of nitrogens with two attached hydrogens (primary N) is 1. The molecule has 1 aromatic rings. The van der Waals surface area contributed by atoms with Gasteiger partial charge in [-0.2, -0.15) is 4.98 Å². The highest BCUT2D eigenvalue weighted by atomic mass is 16.5. The van der Waals surface area contributed by atoms with Gasteiger partial charge in [0.05, 0.1) is 0 Å². The van der Waals surface area contributed by atoms with Crippen LogP contribution in [0.5, 0.6) is 0 Å². The Kier molecular flexibility index (Phi) is 3.50. The molecule has 100 valence electrons. The molecule has 0 aromatic carbocycles. The Morgan fingerprint density at radius 2 is 1.94 bits per heavy atom. The van der Waals surface area contributed by atoms with Crippen LogP contribution >= 0.6 is 0 Å².